The van der Waals surface area contributed by atoms with E-state index in [1.807, 2.05) is 11.0 Å². The van der Waals surface area contributed by atoms with Gasteiger partial charge in [0.15, 0.2) is 0 Å². The number of carbonyl (C=O) groups excluding carboxylic acids is 2. The Hall–Kier alpha value is -1.88. The maximum Gasteiger partial charge on any atom is 0.232 e. The van der Waals surface area contributed by atoms with Crippen LogP contribution in [0.3, 0.4) is 0 Å². The minimum atomic E-state index is -0.537. The minimum Gasteiger partial charge on any atom is -0.369 e. The number of primary amides is 1. The highest BCUT2D eigenvalue weighted by Crippen LogP contribution is 2.31. The Morgan fingerprint density at radius 3 is 2.35 bits per heavy atom. The topological polar surface area (TPSA) is 66.6 Å². The van der Waals surface area contributed by atoms with Crippen LogP contribution in [0, 0.1) is 18.3 Å². The molecule has 2 fully saturated rings. The number of likely N-dealkylation sites (tertiary alicyclic amines) is 2. The summed E-state index contributed by atoms with van der Waals surface area (Å²) in [5.74, 6) is 0.438. The summed E-state index contributed by atoms with van der Waals surface area (Å²) in [6.45, 7) is 4.71. The quantitative estimate of drug-likeness (QED) is 0.793. The van der Waals surface area contributed by atoms with Gasteiger partial charge in [0, 0.05) is 26.2 Å². The van der Waals surface area contributed by atoms with E-state index in [0.29, 0.717) is 11.8 Å². The second kappa shape index (κ2) is 7.13. The number of hydrogen-bond donors (Lipinski definition) is 1. The fourth-order valence-corrected chi connectivity index (χ4v) is 3.74. The Morgan fingerprint density at radius 2 is 1.74 bits per heavy atom. The van der Waals surface area contributed by atoms with E-state index in [1.54, 1.807) is 0 Å². The molecule has 0 saturated carbocycles. The first-order valence-corrected chi connectivity index (χ1v) is 8.28. The largest absolute Gasteiger partial charge is 0.369 e. The van der Waals surface area contributed by atoms with Crippen molar-refractivity contribution < 1.29 is 9.59 Å². The molecule has 23 heavy (non-hydrogen) atoms. The van der Waals surface area contributed by atoms with Crippen LogP contribution in [-0.4, -0.2) is 54.3 Å². The highest BCUT2D eigenvalue weighted by atomic mass is 16.2. The van der Waals surface area contributed by atoms with Crippen LogP contribution in [0.5, 0.6) is 0 Å². The summed E-state index contributed by atoms with van der Waals surface area (Å²) < 4.78 is 0. The number of nitrogens with two attached hydrogens (primary N) is 1. The van der Waals surface area contributed by atoms with E-state index in [2.05, 4.69) is 35.6 Å². The van der Waals surface area contributed by atoms with E-state index in [9.17, 15) is 9.59 Å². The SMILES string of the molecule is NC(=O)CC(=O)N1CC2CN(CC[CH]c3ccccc3)C[C@H]2C1. The lowest BCUT2D eigenvalue weighted by atomic mass is 10.0. The third kappa shape index (κ3) is 4.10. The Balaban J connectivity index is 1.40. The van der Waals surface area contributed by atoms with E-state index >= 15 is 0 Å². The molecule has 2 aliphatic rings. The maximum absolute atomic E-state index is 11.9. The van der Waals surface area contributed by atoms with Crippen molar-refractivity contribution in [3.63, 3.8) is 0 Å². The van der Waals surface area contributed by atoms with Crippen LogP contribution >= 0.6 is 0 Å². The molecule has 2 atom stereocenters. The zero-order chi connectivity index (χ0) is 16.2. The van der Waals surface area contributed by atoms with E-state index in [-0.39, 0.29) is 12.3 Å². The van der Waals surface area contributed by atoms with Crippen LogP contribution in [0.25, 0.3) is 0 Å². The Bertz CT molecular complexity index is 547. The molecule has 5 nitrogen and oxygen atoms in total. The zero-order valence-electron chi connectivity index (χ0n) is 13.4. The first kappa shape index (κ1) is 16.0. The summed E-state index contributed by atoms with van der Waals surface area (Å²) >= 11 is 0. The fraction of sp³-hybridized carbons (Fsp3) is 0.500. The van der Waals surface area contributed by atoms with Gasteiger partial charge in [-0.05, 0) is 36.8 Å². The molecule has 2 N–H and O–H groups in total. The average molecular weight is 314 g/mol. The Kier molecular flexibility index (Phi) is 4.96. The molecule has 2 amide bonds. The van der Waals surface area contributed by atoms with Crippen molar-refractivity contribution in [2.45, 2.75) is 12.8 Å². The van der Waals surface area contributed by atoms with Gasteiger partial charge >= 0.3 is 0 Å². The van der Waals surface area contributed by atoms with Gasteiger partial charge < -0.3 is 15.5 Å². The number of amides is 2. The van der Waals surface area contributed by atoms with Crippen LogP contribution in [0.1, 0.15) is 18.4 Å². The summed E-state index contributed by atoms with van der Waals surface area (Å²) in [4.78, 5) is 27.1. The lowest BCUT2D eigenvalue weighted by Gasteiger charge is -2.21. The van der Waals surface area contributed by atoms with Crippen LogP contribution in [0.15, 0.2) is 30.3 Å². The van der Waals surface area contributed by atoms with Gasteiger partial charge in [0.05, 0.1) is 0 Å². The summed E-state index contributed by atoms with van der Waals surface area (Å²) in [5.41, 5.74) is 6.38. The van der Waals surface area contributed by atoms with Gasteiger partial charge in [-0.3, -0.25) is 9.59 Å². The Morgan fingerprint density at radius 1 is 1.09 bits per heavy atom. The number of nitrogens with zero attached hydrogens (tertiary/aromatic N) is 2. The van der Waals surface area contributed by atoms with Crippen molar-refractivity contribution in [1.29, 1.82) is 0 Å². The molecular formula is C18H24N3O2. The predicted octanol–water partition coefficient (Wildman–Crippen LogP) is 0.895. The highest BCUT2D eigenvalue weighted by molar-refractivity contribution is 5.96. The summed E-state index contributed by atoms with van der Waals surface area (Å²) in [7, 11) is 0. The van der Waals surface area contributed by atoms with Gasteiger partial charge in [-0.1, -0.05) is 30.3 Å². The molecule has 3 rings (SSSR count). The smallest absolute Gasteiger partial charge is 0.232 e. The van der Waals surface area contributed by atoms with Crippen molar-refractivity contribution in [2.24, 2.45) is 17.6 Å². The van der Waals surface area contributed by atoms with Crippen molar-refractivity contribution >= 4 is 11.8 Å². The molecule has 5 heteroatoms. The number of hydrogen-bond acceptors (Lipinski definition) is 3. The number of fused-ring (bicyclic) bond motifs is 1. The lowest BCUT2D eigenvalue weighted by molar-refractivity contribution is -0.134. The molecule has 0 aromatic heterocycles. The number of rotatable bonds is 6. The predicted molar refractivity (Wildman–Crippen MR) is 88.3 cm³/mol. The standard InChI is InChI=1S/C18H24N3O2/c19-17(22)9-18(23)21-12-15-10-20(11-16(15)13-21)8-4-7-14-5-2-1-3-6-14/h1-3,5-7,15-16H,4,8-13H2,(H2,19,22)/t15-,16?/m0/s1. The second-order valence-electron chi connectivity index (χ2n) is 6.63. The normalized spacial score (nSPS) is 23.9. The molecule has 1 aromatic carbocycles. The molecule has 123 valence electrons. The molecule has 2 heterocycles. The summed E-state index contributed by atoms with van der Waals surface area (Å²) in [6.07, 6.45) is 3.17. The molecule has 2 aliphatic heterocycles. The van der Waals surface area contributed by atoms with Crippen LogP contribution in [0.4, 0.5) is 0 Å². The highest BCUT2D eigenvalue weighted by Gasteiger charge is 2.41. The number of carbonyl (C=O) groups is 2. The first-order chi connectivity index (χ1) is 11.1. The van der Waals surface area contributed by atoms with E-state index in [0.717, 1.165) is 39.1 Å². The average Bonchev–Trinajstić information content (AvgIpc) is 3.06. The second-order valence-corrected chi connectivity index (χ2v) is 6.63. The van der Waals surface area contributed by atoms with E-state index in [1.165, 1.54) is 5.56 Å². The molecular weight excluding hydrogens is 290 g/mol. The summed E-state index contributed by atoms with van der Waals surface area (Å²) in [6, 6.07) is 10.4. The van der Waals surface area contributed by atoms with Gasteiger partial charge in [0.2, 0.25) is 11.8 Å². The molecule has 0 aliphatic carbocycles. The van der Waals surface area contributed by atoms with Gasteiger partial charge in [0.25, 0.3) is 0 Å². The first-order valence-electron chi connectivity index (χ1n) is 8.28. The minimum absolute atomic E-state index is 0.115. The van der Waals surface area contributed by atoms with Gasteiger partial charge in [-0.2, -0.15) is 0 Å². The van der Waals surface area contributed by atoms with Gasteiger partial charge in [0.1, 0.15) is 6.42 Å². The van der Waals surface area contributed by atoms with Crippen LogP contribution < -0.4 is 5.73 Å². The van der Waals surface area contributed by atoms with Gasteiger partial charge in [-0.25, -0.2) is 0 Å². The van der Waals surface area contributed by atoms with Crippen molar-refractivity contribution in [3.8, 4) is 0 Å². The number of benzene rings is 1. The van der Waals surface area contributed by atoms with Crippen molar-refractivity contribution in [2.75, 3.05) is 32.7 Å². The third-order valence-corrected chi connectivity index (χ3v) is 4.86. The fourth-order valence-electron chi connectivity index (χ4n) is 3.74. The molecule has 2 saturated heterocycles. The monoisotopic (exact) mass is 314 g/mol. The molecule has 1 aromatic rings. The van der Waals surface area contributed by atoms with E-state index < -0.39 is 5.91 Å². The van der Waals surface area contributed by atoms with Crippen LogP contribution in [-0.2, 0) is 9.59 Å². The Labute approximate surface area is 137 Å². The zero-order valence-corrected chi connectivity index (χ0v) is 13.4. The summed E-state index contributed by atoms with van der Waals surface area (Å²) in [5, 5.41) is 0. The van der Waals surface area contributed by atoms with Crippen LogP contribution in [0.2, 0.25) is 0 Å². The molecule has 1 radical (unpaired) electrons. The third-order valence-electron chi connectivity index (χ3n) is 4.86. The lowest BCUT2D eigenvalue weighted by Crippen LogP contribution is -2.35. The van der Waals surface area contributed by atoms with Gasteiger partial charge in [-0.15, -0.1) is 0 Å². The van der Waals surface area contributed by atoms with E-state index in [4.69, 9.17) is 5.73 Å². The molecule has 0 spiro atoms. The maximum atomic E-state index is 11.9. The van der Waals surface area contributed by atoms with Crippen molar-refractivity contribution in [3.05, 3.63) is 42.3 Å². The van der Waals surface area contributed by atoms with Crippen molar-refractivity contribution in [1.82, 2.24) is 9.80 Å². The molecule has 0 bridgehead atoms. The molecule has 1 unspecified atom stereocenters.